The van der Waals surface area contributed by atoms with Gasteiger partial charge in [0, 0.05) is 29.6 Å². The number of nitrogens with zero attached hydrogens (tertiary/aromatic N) is 1. The molecule has 0 amide bonds. The first-order chi connectivity index (χ1) is 10.5. The zero-order valence-corrected chi connectivity index (χ0v) is 14.0. The third kappa shape index (κ3) is 3.76. The zero-order valence-electron chi connectivity index (χ0n) is 12.4. The molecular formula is C15H20ClN3O2S. The van der Waals surface area contributed by atoms with Gasteiger partial charge < -0.3 is 5.73 Å². The van der Waals surface area contributed by atoms with Gasteiger partial charge in [0.1, 0.15) is 5.15 Å². The molecule has 22 heavy (non-hydrogen) atoms. The minimum Gasteiger partial charge on any atom is -0.329 e. The lowest BCUT2D eigenvalue weighted by Crippen LogP contribution is -2.40. The molecule has 2 rings (SSSR count). The number of benzene rings is 1. The summed E-state index contributed by atoms with van der Waals surface area (Å²) in [4.78, 5) is 4.18. The zero-order chi connectivity index (χ0) is 16.2. The first-order valence-corrected chi connectivity index (χ1v) is 9.11. The van der Waals surface area contributed by atoms with Crippen LogP contribution in [0.5, 0.6) is 0 Å². The molecule has 0 aliphatic carbocycles. The number of hydrogen-bond donors (Lipinski definition) is 2. The first-order valence-electron chi connectivity index (χ1n) is 7.25. The highest BCUT2D eigenvalue weighted by Crippen LogP contribution is 2.27. The molecule has 0 fully saturated rings. The highest BCUT2D eigenvalue weighted by atomic mass is 35.5. The standard InChI is InChI=1S/C15H20ClN3O2S/c1-2-3-5-11(10-17)19-22(20,21)14-7-4-6-13-12(14)8-9-18-15(13)16/h4,6-9,11,19H,2-3,5,10,17H2,1H3. The molecule has 1 aromatic heterocycles. The van der Waals surface area contributed by atoms with Crippen LogP contribution >= 0.6 is 11.6 Å². The second kappa shape index (κ2) is 7.37. The number of sulfonamides is 1. The fourth-order valence-corrected chi connectivity index (χ4v) is 4.06. The van der Waals surface area contributed by atoms with Gasteiger partial charge in [0.15, 0.2) is 0 Å². The fraction of sp³-hybridized carbons (Fsp3) is 0.400. The lowest BCUT2D eigenvalue weighted by molar-refractivity contribution is 0.517. The van der Waals surface area contributed by atoms with Gasteiger partial charge in [0.2, 0.25) is 10.0 Å². The predicted molar refractivity (Wildman–Crippen MR) is 89.4 cm³/mol. The van der Waals surface area contributed by atoms with Gasteiger partial charge in [-0.25, -0.2) is 18.1 Å². The summed E-state index contributed by atoms with van der Waals surface area (Å²) in [5.74, 6) is 0. The average Bonchev–Trinajstić information content (AvgIpc) is 2.51. The molecule has 120 valence electrons. The number of pyridine rings is 1. The Morgan fingerprint density at radius 3 is 2.77 bits per heavy atom. The third-order valence-electron chi connectivity index (χ3n) is 3.52. The summed E-state index contributed by atoms with van der Waals surface area (Å²) in [6.07, 6.45) is 4.14. The van der Waals surface area contributed by atoms with Crippen molar-refractivity contribution < 1.29 is 8.42 Å². The summed E-state index contributed by atoms with van der Waals surface area (Å²) in [5.41, 5.74) is 5.68. The molecule has 2 aromatic rings. The molecule has 0 saturated heterocycles. The summed E-state index contributed by atoms with van der Waals surface area (Å²) in [5, 5.41) is 1.46. The number of aromatic nitrogens is 1. The summed E-state index contributed by atoms with van der Waals surface area (Å²) in [7, 11) is -3.66. The van der Waals surface area contributed by atoms with Crippen LogP contribution in [-0.4, -0.2) is 26.0 Å². The molecule has 0 radical (unpaired) electrons. The molecule has 0 saturated carbocycles. The summed E-state index contributed by atoms with van der Waals surface area (Å²) >= 11 is 6.03. The van der Waals surface area contributed by atoms with Crippen LogP contribution in [0, 0.1) is 0 Å². The number of rotatable bonds is 7. The van der Waals surface area contributed by atoms with Crippen molar-refractivity contribution in [1.82, 2.24) is 9.71 Å². The second-order valence-corrected chi connectivity index (χ2v) is 7.19. The Morgan fingerprint density at radius 2 is 2.09 bits per heavy atom. The van der Waals surface area contributed by atoms with Gasteiger partial charge >= 0.3 is 0 Å². The van der Waals surface area contributed by atoms with Gasteiger partial charge in [-0.2, -0.15) is 0 Å². The van der Waals surface area contributed by atoms with Crippen LogP contribution < -0.4 is 10.5 Å². The molecule has 0 spiro atoms. The van der Waals surface area contributed by atoms with Crippen molar-refractivity contribution in [3.8, 4) is 0 Å². The monoisotopic (exact) mass is 341 g/mol. The van der Waals surface area contributed by atoms with Crippen molar-refractivity contribution in [2.75, 3.05) is 6.54 Å². The van der Waals surface area contributed by atoms with Gasteiger partial charge in [-0.15, -0.1) is 0 Å². The Balaban J connectivity index is 2.39. The number of hydrogen-bond acceptors (Lipinski definition) is 4. The minimum atomic E-state index is -3.66. The highest BCUT2D eigenvalue weighted by Gasteiger charge is 2.21. The van der Waals surface area contributed by atoms with E-state index in [0.717, 1.165) is 19.3 Å². The molecule has 7 heteroatoms. The SMILES string of the molecule is CCCCC(CN)NS(=O)(=O)c1cccc2c(Cl)nccc12. The van der Waals surface area contributed by atoms with E-state index in [1.54, 1.807) is 24.3 Å². The van der Waals surface area contributed by atoms with E-state index < -0.39 is 10.0 Å². The van der Waals surface area contributed by atoms with Crippen LogP contribution in [0.3, 0.4) is 0 Å². The van der Waals surface area contributed by atoms with Gasteiger partial charge in [0.05, 0.1) is 4.90 Å². The van der Waals surface area contributed by atoms with Gasteiger partial charge in [0.25, 0.3) is 0 Å². The van der Waals surface area contributed by atoms with E-state index >= 15 is 0 Å². The van der Waals surface area contributed by atoms with Crippen LogP contribution in [0.2, 0.25) is 5.15 Å². The van der Waals surface area contributed by atoms with E-state index in [4.69, 9.17) is 17.3 Å². The molecule has 0 bridgehead atoms. The lowest BCUT2D eigenvalue weighted by atomic mass is 10.1. The van der Waals surface area contributed by atoms with Gasteiger partial charge in [-0.1, -0.05) is 43.5 Å². The third-order valence-corrected chi connectivity index (χ3v) is 5.40. The quantitative estimate of drug-likeness (QED) is 0.758. The largest absolute Gasteiger partial charge is 0.329 e. The molecule has 1 heterocycles. The van der Waals surface area contributed by atoms with Crippen LogP contribution in [0.1, 0.15) is 26.2 Å². The minimum absolute atomic E-state index is 0.198. The van der Waals surface area contributed by atoms with E-state index in [1.807, 2.05) is 0 Å². The Morgan fingerprint density at radius 1 is 1.32 bits per heavy atom. The van der Waals surface area contributed by atoms with Crippen LogP contribution in [0.15, 0.2) is 35.4 Å². The number of fused-ring (bicyclic) bond motifs is 1. The van der Waals surface area contributed by atoms with E-state index in [9.17, 15) is 8.42 Å². The van der Waals surface area contributed by atoms with Crippen molar-refractivity contribution in [2.24, 2.45) is 5.73 Å². The smallest absolute Gasteiger partial charge is 0.241 e. The molecule has 1 aromatic carbocycles. The summed E-state index contributed by atoms with van der Waals surface area (Å²) < 4.78 is 28.0. The van der Waals surface area contributed by atoms with Gasteiger partial charge in [-0.05, 0) is 18.6 Å². The van der Waals surface area contributed by atoms with E-state index in [-0.39, 0.29) is 22.6 Å². The van der Waals surface area contributed by atoms with Crippen molar-refractivity contribution >= 4 is 32.4 Å². The normalized spacial score (nSPS) is 13.4. The summed E-state index contributed by atoms with van der Waals surface area (Å²) in [6, 6.07) is 6.36. The Labute approximate surface area is 135 Å². The van der Waals surface area contributed by atoms with E-state index in [1.165, 1.54) is 6.20 Å². The second-order valence-electron chi connectivity index (χ2n) is 5.15. The maximum Gasteiger partial charge on any atom is 0.241 e. The molecule has 1 atom stereocenters. The highest BCUT2D eigenvalue weighted by molar-refractivity contribution is 7.89. The van der Waals surface area contributed by atoms with E-state index in [2.05, 4.69) is 16.6 Å². The van der Waals surface area contributed by atoms with E-state index in [0.29, 0.717) is 10.8 Å². The number of nitrogens with one attached hydrogen (secondary N) is 1. The molecule has 1 unspecified atom stereocenters. The molecular weight excluding hydrogens is 322 g/mol. The topological polar surface area (TPSA) is 85.1 Å². The number of halogens is 1. The first kappa shape index (κ1) is 17.1. The lowest BCUT2D eigenvalue weighted by Gasteiger charge is -2.17. The fourth-order valence-electron chi connectivity index (χ4n) is 2.34. The van der Waals surface area contributed by atoms with Crippen molar-refractivity contribution in [3.05, 3.63) is 35.6 Å². The number of nitrogens with two attached hydrogens (primary N) is 1. The predicted octanol–water partition coefficient (Wildman–Crippen LogP) is 2.68. The Hall–Kier alpha value is -1.21. The Bertz CT molecular complexity index is 750. The Kier molecular flexibility index (Phi) is 5.74. The van der Waals surface area contributed by atoms with Crippen LogP contribution in [0.4, 0.5) is 0 Å². The molecule has 0 aliphatic rings. The summed E-state index contributed by atoms with van der Waals surface area (Å²) in [6.45, 7) is 2.33. The molecule has 5 nitrogen and oxygen atoms in total. The van der Waals surface area contributed by atoms with Crippen molar-refractivity contribution in [3.63, 3.8) is 0 Å². The van der Waals surface area contributed by atoms with Crippen molar-refractivity contribution in [2.45, 2.75) is 37.1 Å². The number of unbranched alkanes of at least 4 members (excludes halogenated alkanes) is 1. The van der Waals surface area contributed by atoms with Crippen molar-refractivity contribution in [1.29, 1.82) is 0 Å². The van der Waals surface area contributed by atoms with Crippen LogP contribution in [-0.2, 0) is 10.0 Å². The molecule has 0 aliphatic heterocycles. The maximum absolute atomic E-state index is 12.7. The maximum atomic E-state index is 12.7. The van der Waals surface area contributed by atoms with Gasteiger partial charge in [-0.3, -0.25) is 0 Å². The molecule has 3 N–H and O–H groups in total. The van der Waals surface area contributed by atoms with Crippen LogP contribution in [0.25, 0.3) is 10.8 Å². The average molecular weight is 342 g/mol.